The third-order valence-electron chi connectivity index (χ3n) is 6.95. The van der Waals surface area contributed by atoms with Crippen molar-refractivity contribution in [1.29, 1.82) is 5.26 Å². The van der Waals surface area contributed by atoms with Gasteiger partial charge in [0.05, 0.1) is 17.8 Å². The monoisotopic (exact) mass is 436 g/mol. The zero-order chi connectivity index (χ0) is 21.2. The molecule has 2 N–H and O–H groups in total. The van der Waals surface area contributed by atoms with Crippen LogP contribution < -0.4 is 10.6 Å². The van der Waals surface area contributed by atoms with Crippen molar-refractivity contribution in [3.05, 3.63) is 40.5 Å². The second-order valence-electron chi connectivity index (χ2n) is 9.09. The van der Waals surface area contributed by atoms with Gasteiger partial charge in [-0.25, -0.2) is 4.98 Å². The highest BCUT2D eigenvalue weighted by atomic mass is 35.5. The summed E-state index contributed by atoms with van der Waals surface area (Å²) in [5.41, 5.74) is 2.70. The molecule has 2 atom stereocenters. The summed E-state index contributed by atoms with van der Waals surface area (Å²) in [4.78, 5) is 11.6. The van der Waals surface area contributed by atoms with E-state index in [0.29, 0.717) is 34.7 Å². The molecule has 1 aliphatic carbocycles. The SMILES string of the molecule is N#Cc1cc(Nc2ncc(Cl)c(NC[C@@H]3CCCN4CCCC[C@H]34)n2)ccc1C1CC1. The second-order valence-corrected chi connectivity index (χ2v) is 9.49. The molecular weight excluding hydrogens is 408 g/mol. The molecule has 1 saturated carbocycles. The van der Waals surface area contributed by atoms with Crippen LogP contribution in [0.3, 0.4) is 0 Å². The van der Waals surface area contributed by atoms with Crippen molar-refractivity contribution in [3.8, 4) is 6.07 Å². The van der Waals surface area contributed by atoms with Gasteiger partial charge in [0.2, 0.25) is 5.95 Å². The predicted molar refractivity (Wildman–Crippen MR) is 124 cm³/mol. The van der Waals surface area contributed by atoms with Crippen molar-refractivity contribution in [2.75, 3.05) is 30.3 Å². The number of halogens is 1. The van der Waals surface area contributed by atoms with Crippen LogP contribution in [-0.4, -0.2) is 40.5 Å². The molecule has 2 aromatic rings. The molecule has 0 unspecified atom stereocenters. The van der Waals surface area contributed by atoms with Crippen LogP contribution in [0.2, 0.25) is 5.02 Å². The van der Waals surface area contributed by atoms with Crippen molar-refractivity contribution in [2.45, 2.75) is 56.9 Å². The molecule has 7 heteroatoms. The Balaban J connectivity index is 1.26. The first-order valence-electron chi connectivity index (χ1n) is 11.5. The van der Waals surface area contributed by atoms with Gasteiger partial charge in [0.1, 0.15) is 5.02 Å². The number of rotatable bonds is 6. The Hall–Kier alpha value is -2.36. The van der Waals surface area contributed by atoms with Crippen LogP contribution in [0.1, 0.15) is 62.0 Å². The maximum atomic E-state index is 9.50. The van der Waals surface area contributed by atoms with Gasteiger partial charge in [0.25, 0.3) is 0 Å². The average Bonchev–Trinajstić information content (AvgIpc) is 3.64. The third kappa shape index (κ3) is 4.63. The molecule has 2 saturated heterocycles. The van der Waals surface area contributed by atoms with Crippen molar-refractivity contribution in [2.24, 2.45) is 5.92 Å². The largest absolute Gasteiger partial charge is 0.368 e. The summed E-state index contributed by atoms with van der Waals surface area (Å²) in [7, 11) is 0. The van der Waals surface area contributed by atoms with Gasteiger partial charge in [-0.3, -0.25) is 0 Å². The Kier molecular flexibility index (Phi) is 5.97. The molecule has 0 amide bonds. The van der Waals surface area contributed by atoms with E-state index < -0.39 is 0 Å². The van der Waals surface area contributed by atoms with Crippen molar-refractivity contribution < 1.29 is 0 Å². The number of nitriles is 1. The van der Waals surface area contributed by atoms with E-state index in [9.17, 15) is 5.26 Å². The molecular formula is C24H29ClN6. The smallest absolute Gasteiger partial charge is 0.229 e. The molecule has 2 aliphatic heterocycles. The Labute approximate surface area is 189 Å². The molecule has 3 heterocycles. The lowest BCUT2D eigenvalue weighted by Crippen LogP contribution is -2.49. The van der Waals surface area contributed by atoms with Crippen LogP contribution in [0.4, 0.5) is 17.5 Å². The van der Waals surface area contributed by atoms with E-state index in [0.717, 1.165) is 23.4 Å². The molecule has 6 nitrogen and oxygen atoms in total. The van der Waals surface area contributed by atoms with E-state index >= 15 is 0 Å². The summed E-state index contributed by atoms with van der Waals surface area (Å²) in [6.45, 7) is 3.37. The van der Waals surface area contributed by atoms with Crippen LogP contribution in [-0.2, 0) is 0 Å². The summed E-state index contributed by atoms with van der Waals surface area (Å²) >= 11 is 6.40. The lowest BCUT2D eigenvalue weighted by Gasteiger charge is -2.44. The third-order valence-corrected chi connectivity index (χ3v) is 7.23. The number of aromatic nitrogens is 2. The first-order valence-corrected chi connectivity index (χ1v) is 11.9. The Bertz CT molecular complexity index is 981. The van der Waals surface area contributed by atoms with Crippen LogP contribution in [0.5, 0.6) is 0 Å². The fraction of sp³-hybridized carbons (Fsp3) is 0.542. The fourth-order valence-corrected chi connectivity index (χ4v) is 5.36. The van der Waals surface area contributed by atoms with Gasteiger partial charge in [0.15, 0.2) is 5.82 Å². The first kappa shape index (κ1) is 20.5. The van der Waals surface area contributed by atoms with E-state index in [1.54, 1.807) is 6.20 Å². The van der Waals surface area contributed by atoms with Crippen LogP contribution in [0.25, 0.3) is 0 Å². The molecule has 3 fully saturated rings. The lowest BCUT2D eigenvalue weighted by molar-refractivity contribution is 0.0649. The zero-order valence-electron chi connectivity index (χ0n) is 17.8. The summed E-state index contributed by atoms with van der Waals surface area (Å²) in [6, 6.07) is 8.94. The molecule has 1 aromatic heterocycles. The number of benzene rings is 1. The van der Waals surface area contributed by atoms with Crippen molar-refractivity contribution >= 4 is 29.1 Å². The number of hydrogen-bond donors (Lipinski definition) is 2. The minimum atomic E-state index is 0.484. The standard InChI is InChI=1S/C24H29ClN6/c25-21-15-28-24(29-19-8-9-20(16-6-7-16)18(12-19)13-26)30-23(21)27-14-17-4-3-11-31-10-2-1-5-22(17)31/h8-9,12,15-17,22H,1-7,10-11,14H2,(H2,27,28,29,30)/t17-,22+/m0/s1. The first-order chi connectivity index (χ1) is 15.2. The Morgan fingerprint density at radius 2 is 2.00 bits per heavy atom. The minimum Gasteiger partial charge on any atom is -0.368 e. The van der Waals surface area contributed by atoms with Crippen LogP contribution in [0, 0.1) is 17.2 Å². The van der Waals surface area contributed by atoms with Gasteiger partial charge in [-0.15, -0.1) is 0 Å². The Morgan fingerprint density at radius 1 is 1.13 bits per heavy atom. The maximum absolute atomic E-state index is 9.50. The number of anilines is 3. The molecule has 0 radical (unpaired) electrons. The van der Waals surface area contributed by atoms with E-state index in [2.05, 4.69) is 31.6 Å². The quantitative estimate of drug-likeness (QED) is 0.639. The maximum Gasteiger partial charge on any atom is 0.229 e. The van der Waals surface area contributed by atoms with E-state index in [-0.39, 0.29) is 0 Å². The number of nitrogens with one attached hydrogen (secondary N) is 2. The van der Waals surface area contributed by atoms with Gasteiger partial charge in [-0.05, 0) is 81.1 Å². The van der Waals surface area contributed by atoms with Gasteiger partial charge in [-0.2, -0.15) is 10.2 Å². The highest BCUT2D eigenvalue weighted by molar-refractivity contribution is 6.32. The number of hydrogen-bond acceptors (Lipinski definition) is 6. The van der Waals surface area contributed by atoms with Crippen molar-refractivity contribution in [1.82, 2.24) is 14.9 Å². The van der Waals surface area contributed by atoms with E-state index in [4.69, 9.17) is 11.6 Å². The molecule has 3 aliphatic rings. The lowest BCUT2D eigenvalue weighted by atomic mass is 9.83. The highest BCUT2D eigenvalue weighted by Crippen LogP contribution is 2.42. The van der Waals surface area contributed by atoms with Crippen LogP contribution in [0.15, 0.2) is 24.4 Å². The summed E-state index contributed by atoms with van der Waals surface area (Å²) in [6.07, 6.45) is 10.5. The average molecular weight is 437 g/mol. The summed E-state index contributed by atoms with van der Waals surface area (Å²) in [5, 5.41) is 16.8. The fourth-order valence-electron chi connectivity index (χ4n) is 5.20. The summed E-state index contributed by atoms with van der Waals surface area (Å²) in [5.74, 6) is 2.33. The molecule has 0 spiro atoms. The second kappa shape index (κ2) is 9.02. The summed E-state index contributed by atoms with van der Waals surface area (Å²) < 4.78 is 0. The topological polar surface area (TPSA) is 76.9 Å². The molecule has 0 bridgehead atoms. The van der Waals surface area contributed by atoms with E-state index in [1.807, 2.05) is 18.2 Å². The van der Waals surface area contributed by atoms with Crippen LogP contribution >= 0.6 is 11.6 Å². The normalized spacial score (nSPS) is 23.6. The highest BCUT2D eigenvalue weighted by Gasteiger charge is 2.32. The molecule has 5 rings (SSSR count). The van der Waals surface area contributed by atoms with Gasteiger partial charge < -0.3 is 15.5 Å². The molecule has 31 heavy (non-hydrogen) atoms. The van der Waals surface area contributed by atoms with Gasteiger partial charge in [-0.1, -0.05) is 24.1 Å². The number of piperidine rings is 2. The molecule has 1 aromatic carbocycles. The predicted octanol–water partition coefficient (Wildman–Crippen LogP) is 5.30. The molecule has 162 valence electrons. The van der Waals surface area contributed by atoms with E-state index in [1.165, 1.54) is 58.0 Å². The Morgan fingerprint density at radius 3 is 2.84 bits per heavy atom. The van der Waals surface area contributed by atoms with Gasteiger partial charge in [0, 0.05) is 18.3 Å². The van der Waals surface area contributed by atoms with Crippen molar-refractivity contribution in [3.63, 3.8) is 0 Å². The van der Waals surface area contributed by atoms with Gasteiger partial charge >= 0.3 is 0 Å². The zero-order valence-corrected chi connectivity index (χ0v) is 18.5. The number of fused-ring (bicyclic) bond motifs is 1. The number of nitrogens with zero attached hydrogens (tertiary/aromatic N) is 4. The minimum absolute atomic E-state index is 0.484.